The molecule has 21 heavy (non-hydrogen) atoms. The number of ether oxygens (including phenoxy) is 1. The summed E-state index contributed by atoms with van der Waals surface area (Å²) >= 11 is 0. The SMILES string of the molecule is CCNC(C)(CN1CCC2CCC(C1)N2C)C(=O)OCC. The van der Waals surface area contributed by atoms with Crippen molar-refractivity contribution in [3.8, 4) is 0 Å². The lowest BCUT2D eigenvalue weighted by Gasteiger charge is -2.35. The van der Waals surface area contributed by atoms with Crippen LogP contribution in [0.25, 0.3) is 0 Å². The first kappa shape index (κ1) is 16.7. The van der Waals surface area contributed by atoms with Crippen molar-refractivity contribution < 1.29 is 9.53 Å². The van der Waals surface area contributed by atoms with Crippen molar-refractivity contribution in [2.75, 3.05) is 39.8 Å². The molecule has 3 atom stereocenters. The zero-order chi connectivity index (χ0) is 15.5. The molecule has 5 heteroatoms. The fourth-order valence-electron chi connectivity index (χ4n) is 3.84. The Hall–Kier alpha value is -0.650. The van der Waals surface area contributed by atoms with E-state index in [4.69, 9.17) is 4.74 Å². The second-order valence-corrected chi connectivity index (χ2v) is 6.66. The molecule has 0 aromatic rings. The highest BCUT2D eigenvalue weighted by Gasteiger charge is 2.40. The van der Waals surface area contributed by atoms with Crippen molar-refractivity contribution in [3.63, 3.8) is 0 Å². The predicted molar refractivity (Wildman–Crippen MR) is 84.3 cm³/mol. The van der Waals surface area contributed by atoms with E-state index in [0.29, 0.717) is 12.6 Å². The van der Waals surface area contributed by atoms with E-state index in [1.54, 1.807) is 0 Å². The maximum Gasteiger partial charge on any atom is 0.327 e. The maximum atomic E-state index is 12.3. The summed E-state index contributed by atoms with van der Waals surface area (Å²) in [5.74, 6) is -0.130. The summed E-state index contributed by atoms with van der Waals surface area (Å²) < 4.78 is 5.28. The second-order valence-electron chi connectivity index (χ2n) is 6.66. The number of rotatable bonds is 6. The van der Waals surface area contributed by atoms with Crippen molar-refractivity contribution in [1.29, 1.82) is 0 Å². The van der Waals surface area contributed by atoms with E-state index < -0.39 is 5.54 Å². The Balaban J connectivity index is 2.01. The van der Waals surface area contributed by atoms with Crippen LogP contribution < -0.4 is 5.32 Å². The lowest BCUT2D eigenvalue weighted by atomic mass is 10.00. The summed E-state index contributed by atoms with van der Waals surface area (Å²) in [4.78, 5) is 17.3. The summed E-state index contributed by atoms with van der Waals surface area (Å²) in [6.07, 6.45) is 3.82. The smallest absolute Gasteiger partial charge is 0.327 e. The first-order valence-electron chi connectivity index (χ1n) is 8.36. The number of carbonyl (C=O) groups is 1. The van der Waals surface area contributed by atoms with Crippen LogP contribution >= 0.6 is 0 Å². The van der Waals surface area contributed by atoms with Gasteiger partial charge in [-0.2, -0.15) is 0 Å². The number of nitrogens with zero attached hydrogens (tertiary/aromatic N) is 2. The van der Waals surface area contributed by atoms with Crippen LogP contribution in [0.1, 0.15) is 40.0 Å². The van der Waals surface area contributed by atoms with Gasteiger partial charge in [-0.3, -0.25) is 14.6 Å². The molecular formula is C16H31N3O2. The van der Waals surface area contributed by atoms with Crippen LogP contribution in [0.15, 0.2) is 0 Å². The molecular weight excluding hydrogens is 266 g/mol. The summed E-state index contributed by atoms with van der Waals surface area (Å²) in [5, 5.41) is 3.34. The molecule has 0 spiro atoms. The number of likely N-dealkylation sites (tertiary alicyclic amines) is 1. The monoisotopic (exact) mass is 297 g/mol. The molecule has 2 saturated heterocycles. The highest BCUT2D eigenvalue weighted by Crippen LogP contribution is 2.29. The fraction of sp³-hybridized carbons (Fsp3) is 0.938. The van der Waals surface area contributed by atoms with Gasteiger partial charge in [-0.25, -0.2) is 0 Å². The van der Waals surface area contributed by atoms with Crippen molar-refractivity contribution >= 4 is 5.97 Å². The van der Waals surface area contributed by atoms with Crippen molar-refractivity contribution in [2.45, 2.75) is 57.7 Å². The molecule has 2 rings (SSSR count). The van der Waals surface area contributed by atoms with E-state index in [1.807, 2.05) is 20.8 Å². The van der Waals surface area contributed by atoms with Crippen LogP contribution in [0.5, 0.6) is 0 Å². The van der Waals surface area contributed by atoms with Gasteiger partial charge in [0.05, 0.1) is 6.61 Å². The maximum absolute atomic E-state index is 12.3. The topological polar surface area (TPSA) is 44.8 Å². The Kier molecular flexibility index (Phi) is 5.63. The predicted octanol–water partition coefficient (Wildman–Crippen LogP) is 1.09. The quantitative estimate of drug-likeness (QED) is 0.744. The van der Waals surface area contributed by atoms with E-state index >= 15 is 0 Å². The fourth-order valence-corrected chi connectivity index (χ4v) is 3.84. The average molecular weight is 297 g/mol. The van der Waals surface area contributed by atoms with Crippen LogP contribution in [0.2, 0.25) is 0 Å². The molecule has 0 radical (unpaired) electrons. The Morgan fingerprint density at radius 3 is 2.67 bits per heavy atom. The largest absolute Gasteiger partial charge is 0.465 e. The molecule has 3 unspecified atom stereocenters. The van der Waals surface area contributed by atoms with E-state index in [0.717, 1.165) is 32.2 Å². The number of hydrogen-bond acceptors (Lipinski definition) is 5. The minimum Gasteiger partial charge on any atom is -0.465 e. The molecule has 2 fully saturated rings. The van der Waals surface area contributed by atoms with Gasteiger partial charge >= 0.3 is 5.97 Å². The first-order chi connectivity index (χ1) is 10.00. The van der Waals surface area contributed by atoms with Crippen LogP contribution in [0.3, 0.4) is 0 Å². The number of likely N-dealkylation sites (N-methyl/N-ethyl adjacent to an activating group) is 2. The summed E-state index contributed by atoms with van der Waals surface area (Å²) in [7, 11) is 2.25. The van der Waals surface area contributed by atoms with Crippen LogP contribution in [0, 0.1) is 0 Å². The highest BCUT2D eigenvalue weighted by molar-refractivity contribution is 5.80. The number of fused-ring (bicyclic) bond motifs is 2. The summed E-state index contributed by atoms with van der Waals surface area (Å²) in [5.41, 5.74) is -0.604. The zero-order valence-corrected chi connectivity index (χ0v) is 14.0. The lowest BCUT2D eigenvalue weighted by molar-refractivity contribution is -0.151. The van der Waals surface area contributed by atoms with Gasteiger partial charge in [0, 0.05) is 25.2 Å². The van der Waals surface area contributed by atoms with Crippen molar-refractivity contribution in [3.05, 3.63) is 0 Å². The molecule has 1 N–H and O–H groups in total. The van der Waals surface area contributed by atoms with E-state index in [9.17, 15) is 4.79 Å². The van der Waals surface area contributed by atoms with Gasteiger partial charge in [0.15, 0.2) is 0 Å². The Morgan fingerprint density at radius 1 is 1.29 bits per heavy atom. The second kappa shape index (κ2) is 7.07. The normalized spacial score (nSPS) is 29.9. The van der Waals surface area contributed by atoms with Crippen LogP contribution in [-0.2, 0) is 9.53 Å². The van der Waals surface area contributed by atoms with Crippen LogP contribution in [-0.4, -0.2) is 73.2 Å². The third kappa shape index (κ3) is 3.76. The molecule has 0 saturated carbocycles. The van der Waals surface area contributed by atoms with Gasteiger partial charge in [0.1, 0.15) is 5.54 Å². The first-order valence-corrected chi connectivity index (χ1v) is 8.36. The van der Waals surface area contributed by atoms with Crippen molar-refractivity contribution in [2.24, 2.45) is 0 Å². The third-order valence-corrected chi connectivity index (χ3v) is 5.07. The van der Waals surface area contributed by atoms with Crippen LogP contribution in [0.4, 0.5) is 0 Å². The summed E-state index contributed by atoms with van der Waals surface area (Å²) in [6.45, 7) is 9.96. The molecule has 2 aliphatic heterocycles. The number of esters is 1. The summed E-state index contributed by atoms with van der Waals surface area (Å²) in [6, 6.07) is 1.37. The van der Waals surface area contributed by atoms with E-state index in [2.05, 4.69) is 22.2 Å². The molecule has 0 aliphatic carbocycles. The molecule has 0 amide bonds. The van der Waals surface area contributed by atoms with Gasteiger partial charge in [-0.15, -0.1) is 0 Å². The molecule has 5 nitrogen and oxygen atoms in total. The van der Waals surface area contributed by atoms with Gasteiger partial charge in [0.25, 0.3) is 0 Å². The number of hydrogen-bond donors (Lipinski definition) is 1. The van der Waals surface area contributed by atoms with Gasteiger partial charge < -0.3 is 10.1 Å². The molecule has 122 valence electrons. The Morgan fingerprint density at radius 2 is 2.00 bits per heavy atom. The van der Waals surface area contributed by atoms with Gasteiger partial charge in [-0.1, -0.05) is 6.92 Å². The van der Waals surface area contributed by atoms with E-state index in [-0.39, 0.29) is 5.97 Å². The molecule has 0 aromatic carbocycles. The zero-order valence-electron chi connectivity index (χ0n) is 14.0. The Bertz CT molecular complexity index is 363. The highest BCUT2D eigenvalue weighted by atomic mass is 16.5. The lowest BCUT2D eigenvalue weighted by Crippen LogP contribution is -2.58. The van der Waals surface area contributed by atoms with Gasteiger partial charge in [0.2, 0.25) is 0 Å². The third-order valence-electron chi connectivity index (χ3n) is 5.07. The van der Waals surface area contributed by atoms with Gasteiger partial charge in [-0.05, 0) is 53.2 Å². The average Bonchev–Trinajstić information content (AvgIpc) is 2.68. The molecule has 2 heterocycles. The molecule has 2 aliphatic rings. The molecule has 0 aromatic heterocycles. The Labute approximate surface area is 129 Å². The minimum absolute atomic E-state index is 0.130. The van der Waals surface area contributed by atoms with E-state index in [1.165, 1.54) is 19.3 Å². The molecule has 2 bridgehead atoms. The number of carbonyl (C=O) groups excluding carboxylic acids is 1. The number of nitrogens with one attached hydrogen (secondary N) is 1. The minimum atomic E-state index is -0.604. The van der Waals surface area contributed by atoms with Crippen molar-refractivity contribution in [1.82, 2.24) is 15.1 Å². The standard InChI is InChI=1S/C16H31N3O2/c1-5-17-16(3,15(20)21-6-2)12-19-10-9-13-7-8-14(11-19)18(13)4/h13-14,17H,5-12H2,1-4H3.